The van der Waals surface area contributed by atoms with E-state index in [2.05, 4.69) is 10.3 Å². The number of aromatic nitrogens is 1. The molecule has 4 nitrogen and oxygen atoms in total. The number of hydrogen-bond acceptors (Lipinski definition) is 4. The van der Waals surface area contributed by atoms with Gasteiger partial charge in [0.15, 0.2) is 0 Å². The molecule has 2 N–H and O–H groups in total. The van der Waals surface area contributed by atoms with Crippen LogP contribution >= 0.6 is 11.8 Å². The Balaban J connectivity index is 2.50. The number of nitrogens with zero attached hydrogens (tertiary/aromatic N) is 1. The number of pyridine rings is 1. The van der Waals surface area contributed by atoms with E-state index >= 15 is 0 Å². The summed E-state index contributed by atoms with van der Waals surface area (Å²) >= 11 is 1.53. The minimum Gasteiger partial charge on any atom is -0.396 e. The molecule has 0 radical (unpaired) electrons. The summed E-state index contributed by atoms with van der Waals surface area (Å²) in [6.07, 6.45) is 4.06. The number of amides is 1. The molecule has 0 saturated carbocycles. The van der Waals surface area contributed by atoms with Crippen LogP contribution in [0, 0.1) is 0 Å². The van der Waals surface area contributed by atoms with Gasteiger partial charge in [-0.2, -0.15) is 0 Å². The predicted octanol–water partition coefficient (Wildman–Crippen LogP) is 0.916. The molecule has 5 heteroatoms. The Kier molecular flexibility index (Phi) is 5.14. The Labute approximate surface area is 93.1 Å². The molecule has 0 bridgehead atoms. The van der Waals surface area contributed by atoms with E-state index in [-0.39, 0.29) is 12.5 Å². The third kappa shape index (κ3) is 3.89. The second-order valence-corrected chi connectivity index (χ2v) is 3.75. The van der Waals surface area contributed by atoms with Crippen molar-refractivity contribution in [1.82, 2.24) is 10.3 Å². The lowest BCUT2D eigenvalue weighted by Gasteiger charge is -2.03. The van der Waals surface area contributed by atoms with E-state index in [9.17, 15) is 4.79 Å². The molecule has 0 saturated heterocycles. The van der Waals surface area contributed by atoms with Crippen molar-refractivity contribution < 1.29 is 9.90 Å². The maximum atomic E-state index is 11.5. The number of nitrogens with one attached hydrogen (secondary N) is 1. The second-order valence-electron chi connectivity index (χ2n) is 2.92. The van der Waals surface area contributed by atoms with Gasteiger partial charge in [-0.05, 0) is 24.8 Å². The summed E-state index contributed by atoms with van der Waals surface area (Å²) < 4.78 is 0. The SMILES string of the molecule is CSc1ccc(C(=O)NCCCO)cn1. The zero-order chi connectivity index (χ0) is 11.1. The molecule has 0 aliphatic carbocycles. The van der Waals surface area contributed by atoms with Crippen LogP contribution in [0.15, 0.2) is 23.4 Å². The summed E-state index contributed by atoms with van der Waals surface area (Å²) in [4.78, 5) is 15.6. The van der Waals surface area contributed by atoms with Crippen molar-refractivity contribution in [1.29, 1.82) is 0 Å². The highest BCUT2D eigenvalue weighted by Crippen LogP contribution is 2.10. The Morgan fingerprint density at radius 1 is 1.60 bits per heavy atom. The maximum absolute atomic E-state index is 11.5. The van der Waals surface area contributed by atoms with Gasteiger partial charge in [0.2, 0.25) is 0 Å². The van der Waals surface area contributed by atoms with E-state index in [1.807, 2.05) is 12.3 Å². The third-order valence-corrected chi connectivity index (χ3v) is 2.49. The van der Waals surface area contributed by atoms with Gasteiger partial charge in [0, 0.05) is 19.3 Å². The molecule has 1 aromatic heterocycles. The van der Waals surface area contributed by atoms with Crippen molar-refractivity contribution in [3.63, 3.8) is 0 Å². The van der Waals surface area contributed by atoms with E-state index in [1.165, 1.54) is 11.8 Å². The monoisotopic (exact) mass is 226 g/mol. The molecule has 0 aliphatic rings. The molecule has 82 valence electrons. The van der Waals surface area contributed by atoms with E-state index in [1.54, 1.807) is 12.3 Å². The van der Waals surface area contributed by atoms with Crippen molar-refractivity contribution in [2.24, 2.45) is 0 Å². The molecule has 1 heterocycles. The lowest BCUT2D eigenvalue weighted by molar-refractivity contribution is 0.0950. The fraction of sp³-hybridized carbons (Fsp3) is 0.400. The Morgan fingerprint density at radius 2 is 2.40 bits per heavy atom. The molecule has 1 amide bonds. The van der Waals surface area contributed by atoms with Gasteiger partial charge < -0.3 is 10.4 Å². The van der Waals surface area contributed by atoms with Crippen LogP contribution in [0.25, 0.3) is 0 Å². The zero-order valence-electron chi connectivity index (χ0n) is 8.56. The first kappa shape index (κ1) is 12.0. The quantitative estimate of drug-likeness (QED) is 0.579. The van der Waals surface area contributed by atoms with Gasteiger partial charge >= 0.3 is 0 Å². The van der Waals surface area contributed by atoms with E-state index < -0.39 is 0 Å². The van der Waals surface area contributed by atoms with Gasteiger partial charge in [0.05, 0.1) is 10.6 Å². The molecule has 15 heavy (non-hydrogen) atoms. The van der Waals surface area contributed by atoms with Crippen molar-refractivity contribution in [2.45, 2.75) is 11.4 Å². The van der Waals surface area contributed by atoms with Crippen LogP contribution in [0.4, 0.5) is 0 Å². The van der Waals surface area contributed by atoms with Gasteiger partial charge in [0.25, 0.3) is 5.91 Å². The summed E-state index contributed by atoms with van der Waals surface area (Å²) in [5.41, 5.74) is 0.547. The molecule has 0 aliphatic heterocycles. The molecular weight excluding hydrogens is 212 g/mol. The summed E-state index contributed by atoms with van der Waals surface area (Å²) in [6.45, 7) is 0.573. The minimum atomic E-state index is -0.149. The molecule has 0 unspecified atom stereocenters. The Morgan fingerprint density at radius 3 is 2.93 bits per heavy atom. The summed E-state index contributed by atoms with van der Waals surface area (Å²) in [6, 6.07) is 3.55. The molecule has 0 spiro atoms. The van der Waals surface area contributed by atoms with Gasteiger partial charge in [-0.25, -0.2) is 4.98 Å². The largest absolute Gasteiger partial charge is 0.396 e. The molecule has 0 aromatic carbocycles. The fourth-order valence-corrected chi connectivity index (χ4v) is 1.38. The van der Waals surface area contributed by atoms with E-state index in [0.717, 1.165) is 5.03 Å². The second kappa shape index (κ2) is 6.42. The Hall–Kier alpha value is -1.07. The number of carbonyl (C=O) groups excluding carboxylic acids is 1. The van der Waals surface area contributed by atoms with Crippen LogP contribution in [-0.4, -0.2) is 35.4 Å². The number of thioether (sulfide) groups is 1. The van der Waals surface area contributed by atoms with Crippen LogP contribution in [0.3, 0.4) is 0 Å². The van der Waals surface area contributed by atoms with Crippen molar-refractivity contribution in [2.75, 3.05) is 19.4 Å². The minimum absolute atomic E-state index is 0.0872. The summed E-state index contributed by atoms with van der Waals surface area (Å²) in [5, 5.41) is 12.1. The van der Waals surface area contributed by atoms with E-state index in [0.29, 0.717) is 18.5 Å². The van der Waals surface area contributed by atoms with Crippen LogP contribution in [0.1, 0.15) is 16.8 Å². The van der Waals surface area contributed by atoms with Crippen LogP contribution in [0.2, 0.25) is 0 Å². The number of rotatable bonds is 5. The lowest BCUT2D eigenvalue weighted by atomic mass is 10.2. The molecule has 1 rings (SSSR count). The maximum Gasteiger partial charge on any atom is 0.252 e. The van der Waals surface area contributed by atoms with Crippen molar-refractivity contribution >= 4 is 17.7 Å². The smallest absolute Gasteiger partial charge is 0.252 e. The van der Waals surface area contributed by atoms with E-state index in [4.69, 9.17) is 5.11 Å². The standard InChI is InChI=1S/C10H14N2O2S/c1-15-9-4-3-8(7-12-9)10(14)11-5-2-6-13/h3-4,7,13H,2,5-6H2,1H3,(H,11,14). The van der Waals surface area contributed by atoms with Gasteiger partial charge in [-0.1, -0.05) is 0 Å². The summed E-state index contributed by atoms with van der Waals surface area (Å²) in [5.74, 6) is -0.149. The average molecular weight is 226 g/mol. The predicted molar refractivity (Wildman–Crippen MR) is 60.1 cm³/mol. The topological polar surface area (TPSA) is 62.2 Å². The highest BCUT2D eigenvalue weighted by atomic mass is 32.2. The number of carbonyl (C=O) groups is 1. The van der Waals surface area contributed by atoms with Gasteiger partial charge in [-0.15, -0.1) is 11.8 Å². The van der Waals surface area contributed by atoms with Gasteiger partial charge in [-0.3, -0.25) is 4.79 Å². The highest BCUT2D eigenvalue weighted by Gasteiger charge is 2.04. The zero-order valence-corrected chi connectivity index (χ0v) is 9.38. The highest BCUT2D eigenvalue weighted by molar-refractivity contribution is 7.98. The molecule has 0 atom stereocenters. The summed E-state index contributed by atoms with van der Waals surface area (Å²) in [7, 11) is 0. The van der Waals surface area contributed by atoms with Crippen molar-refractivity contribution in [3.8, 4) is 0 Å². The van der Waals surface area contributed by atoms with Crippen LogP contribution in [-0.2, 0) is 0 Å². The van der Waals surface area contributed by atoms with Crippen LogP contribution in [0.5, 0.6) is 0 Å². The van der Waals surface area contributed by atoms with Crippen molar-refractivity contribution in [3.05, 3.63) is 23.9 Å². The number of aliphatic hydroxyl groups is 1. The first-order chi connectivity index (χ1) is 7.27. The normalized spacial score (nSPS) is 10.0. The Bertz CT molecular complexity index is 314. The number of hydrogen-bond donors (Lipinski definition) is 2. The fourth-order valence-electron chi connectivity index (χ4n) is 1.02. The van der Waals surface area contributed by atoms with Crippen LogP contribution < -0.4 is 5.32 Å². The number of aliphatic hydroxyl groups excluding tert-OH is 1. The third-order valence-electron chi connectivity index (χ3n) is 1.83. The van der Waals surface area contributed by atoms with Gasteiger partial charge in [0.1, 0.15) is 0 Å². The molecular formula is C10H14N2O2S. The average Bonchev–Trinajstić information content (AvgIpc) is 2.29. The lowest BCUT2D eigenvalue weighted by Crippen LogP contribution is -2.25. The molecule has 1 aromatic rings. The first-order valence-corrected chi connectivity index (χ1v) is 5.89. The first-order valence-electron chi connectivity index (χ1n) is 4.67. The molecule has 0 fully saturated rings.